The third-order valence-corrected chi connectivity index (χ3v) is 4.74. The molecule has 0 radical (unpaired) electrons. The number of sulfonamides is 1. The summed E-state index contributed by atoms with van der Waals surface area (Å²) in [4.78, 5) is 4.29. The molecule has 0 atom stereocenters. The number of hydrogen-bond acceptors (Lipinski definition) is 4. The van der Waals surface area contributed by atoms with Crippen LogP contribution in [0.3, 0.4) is 0 Å². The van der Waals surface area contributed by atoms with Gasteiger partial charge in [0, 0.05) is 0 Å². The number of anilines is 1. The zero-order valence-corrected chi connectivity index (χ0v) is 12.4. The van der Waals surface area contributed by atoms with Crippen molar-refractivity contribution in [3.05, 3.63) is 53.9 Å². The summed E-state index contributed by atoms with van der Waals surface area (Å²) in [5.41, 5.74) is 3.28. The van der Waals surface area contributed by atoms with E-state index in [0.717, 1.165) is 5.56 Å². The molecule has 2 aromatic carbocycles. The summed E-state index contributed by atoms with van der Waals surface area (Å²) in [5, 5.41) is 0. The third kappa shape index (κ3) is 2.62. The van der Waals surface area contributed by atoms with E-state index >= 15 is 0 Å². The van der Waals surface area contributed by atoms with Gasteiger partial charge in [0.1, 0.15) is 5.52 Å². The fraction of sp³-hybridized carbons (Fsp3) is 0.133. The Balaban J connectivity index is 2.00. The van der Waals surface area contributed by atoms with Crippen molar-refractivity contribution < 1.29 is 12.8 Å². The average molecular weight is 302 g/mol. The fourth-order valence-corrected chi connectivity index (χ4v) is 3.51. The standard InChI is InChI=1S/C15H14N2O3S/c1-10-3-4-11(2)15(7-10)21(18,19)17-12-5-6-14-13(8-12)16-9-20-14/h3-9,17H,1-2H3. The number of rotatable bonds is 3. The number of hydrogen-bond donors (Lipinski definition) is 1. The van der Waals surface area contributed by atoms with Crippen molar-refractivity contribution in [1.82, 2.24) is 4.98 Å². The normalized spacial score (nSPS) is 11.7. The number of nitrogens with zero attached hydrogens (tertiary/aromatic N) is 1. The van der Waals surface area contributed by atoms with Gasteiger partial charge in [-0.05, 0) is 49.2 Å². The summed E-state index contributed by atoms with van der Waals surface area (Å²) in [6.45, 7) is 3.63. The van der Waals surface area contributed by atoms with Crippen molar-refractivity contribution in [2.24, 2.45) is 0 Å². The molecule has 21 heavy (non-hydrogen) atoms. The predicted molar refractivity (Wildman–Crippen MR) is 80.7 cm³/mol. The summed E-state index contributed by atoms with van der Waals surface area (Å²) in [7, 11) is -3.63. The summed E-state index contributed by atoms with van der Waals surface area (Å²) in [6.07, 6.45) is 1.33. The minimum atomic E-state index is -3.63. The van der Waals surface area contributed by atoms with Crippen LogP contribution in [0.15, 0.2) is 52.1 Å². The monoisotopic (exact) mass is 302 g/mol. The molecule has 6 heteroatoms. The SMILES string of the molecule is Cc1ccc(C)c(S(=O)(=O)Nc2ccc3ocnc3c2)c1. The second-order valence-electron chi connectivity index (χ2n) is 4.91. The molecule has 0 saturated carbocycles. The van der Waals surface area contributed by atoms with Crippen molar-refractivity contribution in [3.8, 4) is 0 Å². The van der Waals surface area contributed by atoms with Gasteiger partial charge in [-0.3, -0.25) is 4.72 Å². The zero-order valence-electron chi connectivity index (χ0n) is 11.6. The Bertz CT molecular complexity index is 914. The number of oxazole rings is 1. The molecule has 0 aliphatic heterocycles. The van der Waals surface area contributed by atoms with Crippen LogP contribution in [-0.4, -0.2) is 13.4 Å². The second kappa shape index (κ2) is 4.89. The van der Waals surface area contributed by atoms with E-state index in [1.165, 1.54) is 6.39 Å². The lowest BCUT2D eigenvalue weighted by molar-refractivity contribution is 0.600. The first-order valence-electron chi connectivity index (χ1n) is 6.39. The van der Waals surface area contributed by atoms with E-state index < -0.39 is 10.0 Å². The molecule has 3 aromatic rings. The summed E-state index contributed by atoms with van der Waals surface area (Å²) in [5.74, 6) is 0. The predicted octanol–water partition coefficient (Wildman–Crippen LogP) is 3.25. The maximum atomic E-state index is 12.5. The molecule has 0 aliphatic carbocycles. The molecule has 0 amide bonds. The molecule has 0 bridgehead atoms. The van der Waals surface area contributed by atoms with E-state index in [1.807, 2.05) is 13.0 Å². The van der Waals surface area contributed by atoms with Crippen LogP contribution in [0.1, 0.15) is 11.1 Å². The van der Waals surface area contributed by atoms with Crippen molar-refractivity contribution in [2.75, 3.05) is 4.72 Å². The van der Waals surface area contributed by atoms with Gasteiger partial charge in [-0.15, -0.1) is 0 Å². The summed E-state index contributed by atoms with van der Waals surface area (Å²) >= 11 is 0. The molecule has 0 aliphatic rings. The maximum absolute atomic E-state index is 12.5. The highest BCUT2D eigenvalue weighted by atomic mass is 32.2. The Morgan fingerprint density at radius 1 is 1.10 bits per heavy atom. The molecule has 0 saturated heterocycles. The lowest BCUT2D eigenvalue weighted by Gasteiger charge is -2.11. The van der Waals surface area contributed by atoms with Crippen LogP contribution in [0.4, 0.5) is 5.69 Å². The topological polar surface area (TPSA) is 72.2 Å². The minimum Gasteiger partial charge on any atom is -0.443 e. The van der Waals surface area contributed by atoms with Crippen LogP contribution in [0.5, 0.6) is 0 Å². The van der Waals surface area contributed by atoms with Gasteiger partial charge in [0.05, 0.1) is 10.6 Å². The quantitative estimate of drug-likeness (QED) is 0.806. The van der Waals surface area contributed by atoms with Gasteiger partial charge in [0.2, 0.25) is 0 Å². The Kier molecular flexibility index (Phi) is 3.17. The lowest BCUT2D eigenvalue weighted by atomic mass is 10.2. The van der Waals surface area contributed by atoms with Gasteiger partial charge in [-0.2, -0.15) is 0 Å². The van der Waals surface area contributed by atoms with Crippen LogP contribution < -0.4 is 4.72 Å². The van der Waals surface area contributed by atoms with E-state index in [2.05, 4.69) is 9.71 Å². The lowest BCUT2D eigenvalue weighted by Crippen LogP contribution is -2.14. The Hall–Kier alpha value is -2.34. The van der Waals surface area contributed by atoms with Crippen LogP contribution in [-0.2, 0) is 10.0 Å². The highest BCUT2D eigenvalue weighted by Gasteiger charge is 2.17. The highest BCUT2D eigenvalue weighted by Crippen LogP contribution is 2.23. The van der Waals surface area contributed by atoms with Crippen LogP contribution in [0.2, 0.25) is 0 Å². The molecular weight excluding hydrogens is 288 g/mol. The summed E-state index contributed by atoms with van der Waals surface area (Å²) < 4.78 is 32.7. The molecule has 1 N–H and O–H groups in total. The Morgan fingerprint density at radius 2 is 1.90 bits per heavy atom. The summed E-state index contributed by atoms with van der Waals surface area (Å²) in [6, 6.07) is 10.3. The molecule has 0 spiro atoms. The van der Waals surface area contributed by atoms with Crippen molar-refractivity contribution in [3.63, 3.8) is 0 Å². The largest absolute Gasteiger partial charge is 0.443 e. The third-order valence-electron chi connectivity index (χ3n) is 3.22. The molecule has 3 rings (SSSR count). The molecule has 108 valence electrons. The Morgan fingerprint density at radius 3 is 2.71 bits per heavy atom. The minimum absolute atomic E-state index is 0.280. The molecule has 0 fully saturated rings. The van der Waals surface area contributed by atoms with Crippen molar-refractivity contribution >= 4 is 26.8 Å². The van der Waals surface area contributed by atoms with Gasteiger partial charge in [0.25, 0.3) is 10.0 Å². The number of nitrogens with one attached hydrogen (secondary N) is 1. The van der Waals surface area contributed by atoms with Gasteiger partial charge in [0.15, 0.2) is 12.0 Å². The highest BCUT2D eigenvalue weighted by molar-refractivity contribution is 7.92. The number of aromatic nitrogens is 1. The van der Waals surface area contributed by atoms with Crippen molar-refractivity contribution in [2.45, 2.75) is 18.7 Å². The van der Waals surface area contributed by atoms with Crippen molar-refractivity contribution in [1.29, 1.82) is 0 Å². The van der Waals surface area contributed by atoms with Gasteiger partial charge >= 0.3 is 0 Å². The average Bonchev–Trinajstić information content (AvgIpc) is 2.88. The molecular formula is C15H14N2O3S. The van der Waals surface area contributed by atoms with Crippen LogP contribution in [0.25, 0.3) is 11.1 Å². The fourth-order valence-electron chi connectivity index (χ4n) is 2.13. The molecule has 0 unspecified atom stereocenters. The van der Waals surface area contributed by atoms with Crippen LogP contribution in [0, 0.1) is 13.8 Å². The zero-order chi connectivity index (χ0) is 15.0. The van der Waals surface area contributed by atoms with E-state index in [-0.39, 0.29) is 4.90 Å². The first-order valence-corrected chi connectivity index (χ1v) is 7.87. The van der Waals surface area contributed by atoms with Gasteiger partial charge in [-0.1, -0.05) is 12.1 Å². The molecule has 1 heterocycles. The maximum Gasteiger partial charge on any atom is 0.262 e. The Labute approximate surface area is 122 Å². The first-order chi connectivity index (χ1) is 9.95. The van der Waals surface area contributed by atoms with Gasteiger partial charge < -0.3 is 4.42 Å². The molecule has 5 nitrogen and oxygen atoms in total. The van der Waals surface area contributed by atoms with Crippen LogP contribution >= 0.6 is 0 Å². The number of benzene rings is 2. The molecule has 1 aromatic heterocycles. The second-order valence-corrected chi connectivity index (χ2v) is 6.56. The smallest absolute Gasteiger partial charge is 0.262 e. The number of aryl methyl sites for hydroxylation is 2. The van der Waals surface area contributed by atoms with E-state index in [0.29, 0.717) is 22.4 Å². The first kappa shape index (κ1) is 13.6. The van der Waals surface area contributed by atoms with Gasteiger partial charge in [-0.25, -0.2) is 13.4 Å². The van der Waals surface area contributed by atoms with E-state index in [1.54, 1.807) is 37.3 Å². The van der Waals surface area contributed by atoms with E-state index in [9.17, 15) is 8.42 Å². The van der Waals surface area contributed by atoms with E-state index in [4.69, 9.17) is 4.42 Å². The number of fused-ring (bicyclic) bond motifs is 1.